The van der Waals surface area contributed by atoms with E-state index >= 15 is 0 Å². The van der Waals surface area contributed by atoms with Crippen LogP contribution in [0.1, 0.15) is 32.3 Å². The van der Waals surface area contributed by atoms with E-state index in [1.54, 1.807) is 0 Å². The van der Waals surface area contributed by atoms with Gasteiger partial charge < -0.3 is 14.6 Å². The zero-order chi connectivity index (χ0) is 14.1. The van der Waals surface area contributed by atoms with Crippen LogP contribution in [-0.4, -0.2) is 24.3 Å². The van der Waals surface area contributed by atoms with Gasteiger partial charge in [0, 0.05) is 6.08 Å². The molecular weight excluding hydrogens is 244 g/mol. The first-order chi connectivity index (χ1) is 9.19. The summed E-state index contributed by atoms with van der Waals surface area (Å²) >= 11 is 0. The van der Waals surface area contributed by atoms with Crippen LogP contribution in [0.4, 0.5) is 0 Å². The smallest absolute Gasteiger partial charge is 0.328 e. The van der Waals surface area contributed by atoms with Crippen LogP contribution < -0.4 is 9.47 Å². The van der Waals surface area contributed by atoms with Crippen LogP contribution in [0.5, 0.6) is 11.5 Å². The van der Waals surface area contributed by atoms with Gasteiger partial charge in [0.15, 0.2) is 0 Å². The van der Waals surface area contributed by atoms with Crippen molar-refractivity contribution in [2.45, 2.75) is 26.7 Å². The van der Waals surface area contributed by atoms with Crippen molar-refractivity contribution in [3.05, 3.63) is 29.8 Å². The zero-order valence-electron chi connectivity index (χ0n) is 11.4. The van der Waals surface area contributed by atoms with Gasteiger partial charge in [-0.1, -0.05) is 19.9 Å². The van der Waals surface area contributed by atoms with Crippen LogP contribution in [0.3, 0.4) is 0 Å². The molecule has 1 aromatic rings. The summed E-state index contributed by atoms with van der Waals surface area (Å²) in [6.07, 6.45) is 4.38. The molecule has 0 aliphatic carbocycles. The topological polar surface area (TPSA) is 55.8 Å². The summed E-state index contributed by atoms with van der Waals surface area (Å²) in [6, 6.07) is 5.47. The number of aliphatic carboxylic acids is 1. The second-order valence-electron chi connectivity index (χ2n) is 4.04. The third-order valence-corrected chi connectivity index (χ3v) is 2.34. The predicted octanol–water partition coefficient (Wildman–Crippen LogP) is 3.36. The molecule has 4 nitrogen and oxygen atoms in total. The standard InChI is InChI=1S/C15H20O4/c1-3-10-18-13-6-5-7-14(19-11-4-2)12(13)8-9-15(16)17/h5-9H,3-4,10-11H2,1-2H3,(H,16,17). The number of benzene rings is 1. The highest BCUT2D eigenvalue weighted by Crippen LogP contribution is 2.30. The lowest BCUT2D eigenvalue weighted by molar-refractivity contribution is -0.131. The quantitative estimate of drug-likeness (QED) is 0.731. The Hall–Kier alpha value is -1.97. The van der Waals surface area contributed by atoms with E-state index in [1.165, 1.54) is 6.08 Å². The van der Waals surface area contributed by atoms with Gasteiger partial charge in [0.25, 0.3) is 0 Å². The van der Waals surface area contributed by atoms with Crippen LogP contribution in [0.2, 0.25) is 0 Å². The maximum Gasteiger partial charge on any atom is 0.328 e. The van der Waals surface area contributed by atoms with E-state index in [1.807, 2.05) is 32.0 Å². The SMILES string of the molecule is CCCOc1cccc(OCCC)c1C=CC(=O)O. The number of ether oxygens (including phenoxy) is 2. The van der Waals surface area contributed by atoms with Crippen LogP contribution in [-0.2, 0) is 4.79 Å². The molecule has 0 amide bonds. The number of carboxylic acid groups (broad SMARTS) is 1. The van der Waals surface area contributed by atoms with Crippen LogP contribution in [0, 0.1) is 0 Å². The number of hydrogen-bond donors (Lipinski definition) is 1. The molecule has 1 aromatic carbocycles. The van der Waals surface area contributed by atoms with Crippen molar-refractivity contribution in [1.29, 1.82) is 0 Å². The van der Waals surface area contributed by atoms with E-state index in [4.69, 9.17) is 14.6 Å². The Kier molecular flexibility index (Phi) is 6.50. The molecule has 0 bridgehead atoms. The number of carboxylic acids is 1. The highest BCUT2D eigenvalue weighted by molar-refractivity contribution is 5.86. The van der Waals surface area contributed by atoms with E-state index in [2.05, 4.69) is 0 Å². The van der Waals surface area contributed by atoms with Crippen LogP contribution in [0.25, 0.3) is 6.08 Å². The molecule has 0 aliphatic heterocycles. The predicted molar refractivity (Wildman–Crippen MR) is 74.7 cm³/mol. The third kappa shape index (κ3) is 5.04. The summed E-state index contributed by atoms with van der Waals surface area (Å²) in [5, 5.41) is 8.74. The summed E-state index contributed by atoms with van der Waals surface area (Å²) in [5.74, 6) is 0.299. The Morgan fingerprint density at radius 3 is 2.11 bits per heavy atom. The Morgan fingerprint density at radius 1 is 1.16 bits per heavy atom. The first kappa shape index (κ1) is 15.1. The summed E-state index contributed by atoms with van der Waals surface area (Å²) in [4.78, 5) is 10.7. The van der Waals surface area contributed by atoms with Crippen LogP contribution in [0.15, 0.2) is 24.3 Å². The first-order valence-electron chi connectivity index (χ1n) is 6.48. The average Bonchev–Trinajstić information content (AvgIpc) is 2.41. The summed E-state index contributed by atoms with van der Waals surface area (Å²) in [6.45, 7) is 5.21. The summed E-state index contributed by atoms with van der Waals surface area (Å²) in [5.41, 5.74) is 0.673. The maximum absolute atomic E-state index is 10.7. The first-order valence-corrected chi connectivity index (χ1v) is 6.48. The van der Waals surface area contributed by atoms with Gasteiger partial charge in [0.05, 0.1) is 18.8 Å². The van der Waals surface area contributed by atoms with Gasteiger partial charge in [-0.2, -0.15) is 0 Å². The molecule has 104 valence electrons. The van der Waals surface area contributed by atoms with E-state index in [0.29, 0.717) is 30.3 Å². The fourth-order valence-electron chi connectivity index (χ4n) is 1.52. The molecule has 0 aliphatic rings. The second kappa shape index (κ2) is 8.19. The van der Waals surface area contributed by atoms with E-state index in [0.717, 1.165) is 18.9 Å². The summed E-state index contributed by atoms with van der Waals surface area (Å²) in [7, 11) is 0. The molecule has 1 rings (SSSR count). The molecule has 0 saturated carbocycles. The molecule has 0 radical (unpaired) electrons. The molecule has 19 heavy (non-hydrogen) atoms. The van der Waals surface area contributed by atoms with E-state index < -0.39 is 5.97 Å². The number of rotatable bonds is 8. The van der Waals surface area contributed by atoms with Crippen molar-refractivity contribution in [3.63, 3.8) is 0 Å². The van der Waals surface area contributed by atoms with Gasteiger partial charge in [0.2, 0.25) is 0 Å². The molecular formula is C15H20O4. The lowest BCUT2D eigenvalue weighted by Crippen LogP contribution is -2.01. The van der Waals surface area contributed by atoms with Crippen molar-refractivity contribution >= 4 is 12.0 Å². The van der Waals surface area contributed by atoms with Crippen molar-refractivity contribution in [1.82, 2.24) is 0 Å². The normalized spacial score (nSPS) is 10.6. The van der Waals surface area contributed by atoms with Crippen molar-refractivity contribution in [3.8, 4) is 11.5 Å². The molecule has 0 unspecified atom stereocenters. The second-order valence-corrected chi connectivity index (χ2v) is 4.04. The highest BCUT2D eigenvalue weighted by Gasteiger charge is 2.08. The number of hydrogen-bond acceptors (Lipinski definition) is 3. The Morgan fingerprint density at radius 2 is 1.68 bits per heavy atom. The van der Waals surface area contributed by atoms with Crippen molar-refractivity contribution in [2.24, 2.45) is 0 Å². The van der Waals surface area contributed by atoms with Gasteiger partial charge in [-0.3, -0.25) is 0 Å². The third-order valence-electron chi connectivity index (χ3n) is 2.34. The van der Waals surface area contributed by atoms with Gasteiger partial charge in [-0.15, -0.1) is 0 Å². The molecule has 1 N–H and O–H groups in total. The zero-order valence-corrected chi connectivity index (χ0v) is 11.4. The van der Waals surface area contributed by atoms with Gasteiger partial charge in [0.1, 0.15) is 11.5 Å². The van der Waals surface area contributed by atoms with Crippen molar-refractivity contribution in [2.75, 3.05) is 13.2 Å². The van der Waals surface area contributed by atoms with Gasteiger partial charge in [-0.05, 0) is 31.1 Å². The Labute approximate surface area is 113 Å². The Bertz CT molecular complexity index is 412. The van der Waals surface area contributed by atoms with E-state index in [-0.39, 0.29) is 0 Å². The highest BCUT2D eigenvalue weighted by atomic mass is 16.5. The molecule has 0 heterocycles. The largest absolute Gasteiger partial charge is 0.493 e. The lowest BCUT2D eigenvalue weighted by Gasteiger charge is -2.13. The minimum atomic E-state index is -0.994. The van der Waals surface area contributed by atoms with Crippen molar-refractivity contribution < 1.29 is 19.4 Å². The Balaban J connectivity index is 3.03. The minimum Gasteiger partial charge on any atom is -0.493 e. The lowest BCUT2D eigenvalue weighted by atomic mass is 10.1. The molecule has 0 atom stereocenters. The summed E-state index contributed by atoms with van der Waals surface area (Å²) < 4.78 is 11.2. The fourth-order valence-corrected chi connectivity index (χ4v) is 1.52. The average molecular weight is 264 g/mol. The van der Waals surface area contributed by atoms with E-state index in [9.17, 15) is 4.79 Å². The molecule has 0 aromatic heterocycles. The molecule has 0 fully saturated rings. The monoisotopic (exact) mass is 264 g/mol. The molecule has 0 spiro atoms. The molecule has 0 saturated heterocycles. The number of carbonyl (C=O) groups is 1. The van der Waals surface area contributed by atoms with Gasteiger partial charge in [-0.25, -0.2) is 4.79 Å². The van der Waals surface area contributed by atoms with Gasteiger partial charge >= 0.3 is 5.97 Å². The van der Waals surface area contributed by atoms with Crippen LogP contribution >= 0.6 is 0 Å². The fraction of sp³-hybridized carbons (Fsp3) is 0.400. The maximum atomic E-state index is 10.7. The molecule has 4 heteroatoms. The minimum absolute atomic E-state index is 0.588.